The number of aromatic nitrogens is 2. The first kappa shape index (κ1) is 15.4. The van der Waals surface area contributed by atoms with E-state index >= 15 is 0 Å². The molecule has 0 aliphatic heterocycles. The van der Waals surface area contributed by atoms with Crippen LogP contribution in [-0.4, -0.2) is 29.3 Å². The van der Waals surface area contributed by atoms with Gasteiger partial charge in [-0.05, 0) is 13.3 Å². The van der Waals surface area contributed by atoms with Gasteiger partial charge in [0.2, 0.25) is 5.95 Å². The molecule has 1 aromatic heterocycles. The fraction of sp³-hybridized carbons (Fsp3) is 0.357. The van der Waals surface area contributed by atoms with Crippen molar-refractivity contribution in [3.05, 3.63) is 42.0 Å². The van der Waals surface area contributed by atoms with E-state index in [9.17, 15) is 13.2 Å². The molecule has 7 heteroatoms. The molecule has 0 saturated heterocycles. The number of benzene rings is 1. The van der Waals surface area contributed by atoms with Crippen LogP contribution >= 0.6 is 0 Å². The van der Waals surface area contributed by atoms with Gasteiger partial charge in [0.15, 0.2) is 11.6 Å². The van der Waals surface area contributed by atoms with Crippen molar-refractivity contribution < 1.29 is 17.9 Å². The van der Waals surface area contributed by atoms with Gasteiger partial charge in [-0.2, -0.15) is 0 Å². The van der Waals surface area contributed by atoms with E-state index in [0.717, 1.165) is 12.5 Å². The first-order chi connectivity index (χ1) is 10.1. The Hall–Kier alpha value is -2.02. The summed E-state index contributed by atoms with van der Waals surface area (Å²) in [7, 11) is 0. The Kier molecular flexibility index (Phi) is 5.21. The maximum absolute atomic E-state index is 13.8. The molecule has 0 radical (unpaired) electrons. The molecule has 1 heterocycles. The number of nitrogens with one attached hydrogen (secondary N) is 1. The molecule has 2 aromatic rings. The number of halogens is 3. The fourth-order valence-corrected chi connectivity index (χ4v) is 1.87. The van der Waals surface area contributed by atoms with Gasteiger partial charge >= 0.3 is 0 Å². The lowest BCUT2D eigenvalue weighted by atomic mass is 10.3. The topological polar surface area (TPSA) is 39.1 Å². The Bertz CT molecular complexity index is 601. The van der Waals surface area contributed by atoms with Gasteiger partial charge in [0.1, 0.15) is 5.82 Å². The maximum Gasteiger partial charge on any atom is 0.207 e. The zero-order valence-electron chi connectivity index (χ0n) is 11.6. The van der Waals surface area contributed by atoms with Crippen LogP contribution < -0.4 is 5.32 Å². The second kappa shape index (κ2) is 7.12. The highest BCUT2D eigenvalue weighted by atomic mass is 19.2. The zero-order chi connectivity index (χ0) is 15.2. The van der Waals surface area contributed by atoms with Crippen LogP contribution in [0.15, 0.2) is 24.5 Å². The van der Waals surface area contributed by atoms with Gasteiger partial charge in [-0.25, -0.2) is 18.2 Å². The number of rotatable bonds is 7. The molecule has 114 valence electrons. The molecule has 0 spiro atoms. The molecule has 0 saturated carbocycles. The van der Waals surface area contributed by atoms with Crippen LogP contribution in [0.2, 0.25) is 0 Å². The molecule has 1 aromatic carbocycles. The highest BCUT2D eigenvalue weighted by Gasteiger charge is 2.15. The molecule has 2 rings (SSSR count). The quantitative estimate of drug-likeness (QED) is 0.630. The average molecular weight is 299 g/mol. The number of anilines is 1. The van der Waals surface area contributed by atoms with Crippen molar-refractivity contribution in [3.63, 3.8) is 0 Å². The number of nitrogens with zero attached hydrogens (tertiary/aromatic N) is 2. The van der Waals surface area contributed by atoms with Crippen LogP contribution in [0.25, 0.3) is 5.69 Å². The van der Waals surface area contributed by atoms with Gasteiger partial charge in [-0.3, -0.25) is 4.57 Å². The first-order valence-corrected chi connectivity index (χ1v) is 6.63. The molecule has 0 unspecified atom stereocenters. The van der Waals surface area contributed by atoms with Crippen molar-refractivity contribution in [1.29, 1.82) is 0 Å². The summed E-state index contributed by atoms with van der Waals surface area (Å²) < 4.78 is 46.7. The SMILES string of the molecule is CCOCCCNc1nccn1-c1cc(F)cc(F)c1F. The Morgan fingerprint density at radius 3 is 2.86 bits per heavy atom. The summed E-state index contributed by atoms with van der Waals surface area (Å²) in [4.78, 5) is 4.01. The molecule has 0 aliphatic rings. The Morgan fingerprint density at radius 1 is 1.29 bits per heavy atom. The van der Waals surface area contributed by atoms with E-state index < -0.39 is 17.5 Å². The summed E-state index contributed by atoms with van der Waals surface area (Å²) in [6.07, 6.45) is 3.59. The molecule has 0 fully saturated rings. The molecule has 4 nitrogen and oxygen atoms in total. The standard InChI is InChI=1S/C14H16F3N3O/c1-2-21-7-3-4-18-14-19-5-6-20(14)12-9-10(15)8-11(16)13(12)17/h5-6,8-9H,2-4,7H2,1H3,(H,18,19). The normalized spacial score (nSPS) is 10.9. The van der Waals surface area contributed by atoms with Gasteiger partial charge in [0.05, 0.1) is 5.69 Å². The lowest BCUT2D eigenvalue weighted by molar-refractivity contribution is 0.147. The third kappa shape index (κ3) is 3.75. The summed E-state index contributed by atoms with van der Waals surface area (Å²) in [6.45, 7) is 3.69. The number of hydrogen-bond acceptors (Lipinski definition) is 3. The largest absolute Gasteiger partial charge is 0.382 e. The fourth-order valence-electron chi connectivity index (χ4n) is 1.87. The second-order valence-electron chi connectivity index (χ2n) is 4.32. The first-order valence-electron chi connectivity index (χ1n) is 6.63. The van der Waals surface area contributed by atoms with Crippen LogP contribution in [-0.2, 0) is 4.74 Å². The second-order valence-corrected chi connectivity index (χ2v) is 4.32. The van der Waals surface area contributed by atoms with Crippen molar-refractivity contribution in [2.45, 2.75) is 13.3 Å². The van der Waals surface area contributed by atoms with Gasteiger partial charge in [-0.15, -0.1) is 0 Å². The lowest BCUT2D eigenvalue weighted by Gasteiger charge is -2.11. The number of hydrogen-bond donors (Lipinski definition) is 1. The van der Waals surface area contributed by atoms with Gasteiger partial charge in [0.25, 0.3) is 0 Å². The van der Waals surface area contributed by atoms with Crippen LogP contribution in [0.4, 0.5) is 19.1 Å². The van der Waals surface area contributed by atoms with E-state index in [1.807, 2.05) is 6.92 Å². The Morgan fingerprint density at radius 2 is 2.10 bits per heavy atom. The predicted molar refractivity (Wildman–Crippen MR) is 73.0 cm³/mol. The summed E-state index contributed by atoms with van der Waals surface area (Å²) in [6, 6.07) is 1.43. The van der Waals surface area contributed by atoms with E-state index in [2.05, 4.69) is 10.3 Å². The van der Waals surface area contributed by atoms with Crippen LogP contribution in [0.3, 0.4) is 0 Å². The Labute approximate surface area is 120 Å². The van der Waals surface area contributed by atoms with Gasteiger partial charge in [0, 0.05) is 44.3 Å². The van der Waals surface area contributed by atoms with E-state index in [1.165, 1.54) is 17.0 Å². The summed E-state index contributed by atoms with van der Waals surface area (Å²) in [5, 5.41) is 2.98. The van der Waals surface area contributed by atoms with Crippen LogP contribution in [0.5, 0.6) is 0 Å². The minimum atomic E-state index is -1.24. The maximum atomic E-state index is 13.8. The smallest absolute Gasteiger partial charge is 0.207 e. The molecule has 0 amide bonds. The summed E-state index contributed by atoms with van der Waals surface area (Å²) in [5.41, 5.74) is -0.225. The zero-order valence-corrected chi connectivity index (χ0v) is 11.6. The number of ether oxygens (including phenoxy) is 1. The van der Waals surface area contributed by atoms with Crippen molar-refractivity contribution in [1.82, 2.24) is 9.55 Å². The van der Waals surface area contributed by atoms with E-state index in [4.69, 9.17) is 4.74 Å². The molecular weight excluding hydrogens is 283 g/mol. The third-order valence-corrected chi connectivity index (χ3v) is 2.83. The van der Waals surface area contributed by atoms with Crippen LogP contribution in [0.1, 0.15) is 13.3 Å². The Balaban J connectivity index is 2.13. The monoisotopic (exact) mass is 299 g/mol. The lowest BCUT2D eigenvalue weighted by Crippen LogP contribution is -2.11. The predicted octanol–water partition coefficient (Wildman–Crippen LogP) is 3.13. The van der Waals surface area contributed by atoms with E-state index in [-0.39, 0.29) is 5.69 Å². The van der Waals surface area contributed by atoms with Crippen LogP contribution in [0, 0.1) is 17.5 Å². The van der Waals surface area contributed by atoms with Gasteiger partial charge in [-0.1, -0.05) is 0 Å². The van der Waals surface area contributed by atoms with E-state index in [0.29, 0.717) is 31.8 Å². The van der Waals surface area contributed by atoms with Crippen molar-refractivity contribution >= 4 is 5.95 Å². The van der Waals surface area contributed by atoms with Crippen molar-refractivity contribution in [2.75, 3.05) is 25.1 Å². The molecule has 1 N–H and O–H groups in total. The molecule has 0 aliphatic carbocycles. The molecule has 0 atom stereocenters. The highest BCUT2D eigenvalue weighted by molar-refractivity contribution is 5.43. The van der Waals surface area contributed by atoms with Gasteiger partial charge < -0.3 is 10.1 Å². The van der Waals surface area contributed by atoms with Crippen molar-refractivity contribution in [2.24, 2.45) is 0 Å². The molecule has 21 heavy (non-hydrogen) atoms. The third-order valence-electron chi connectivity index (χ3n) is 2.83. The highest BCUT2D eigenvalue weighted by Crippen LogP contribution is 2.21. The number of imidazole rings is 1. The minimum Gasteiger partial charge on any atom is -0.382 e. The van der Waals surface area contributed by atoms with E-state index in [1.54, 1.807) is 0 Å². The minimum absolute atomic E-state index is 0.225. The van der Waals surface area contributed by atoms with Crippen molar-refractivity contribution in [3.8, 4) is 5.69 Å². The summed E-state index contributed by atoms with van der Waals surface area (Å²) >= 11 is 0. The average Bonchev–Trinajstić information content (AvgIpc) is 2.91. The molecular formula is C14H16F3N3O. The molecule has 0 bridgehead atoms. The summed E-state index contributed by atoms with van der Waals surface area (Å²) in [5.74, 6) is -2.89.